The first kappa shape index (κ1) is 21.2. The average molecular weight is 456 g/mol. The number of benzene rings is 2. The van der Waals surface area contributed by atoms with Crippen LogP contribution in [0.1, 0.15) is 47.2 Å². The summed E-state index contributed by atoms with van der Waals surface area (Å²) in [5.74, 6) is 0.834. The second-order valence-corrected chi connectivity index (χ2v) is 15.7. The Labute approximate surface area is 179 Å². The highest BCUT2D eigenvalue weighted by Gasteiger charge is 2.43. The van der Waals surface area contributed by atoms with Gasteiger partial charge in [0.1, 0.15) is 0 Å². The van der Waals surface area contributed by atoms with Crippen molar-refractivity contribution in [1.82, 2.24) is 9.97 Å². The Hall–Kier alpha value is -1.52. The maximum atomic E-state index is 5.14. The van der Waals surface area contributed by atoms with Crippen LogP contribution in [0.2, 0.25) is 16.6 Å². The van der Waals surface area contributed by atoms with Gasteiger partial charge in [-0.1, -0.05) is 104 Å². The predicted molar refractivity (Wildman–Crippen MR) is 127 cm³/mol. The summed E-state index contributed by atoms with van der Waals surface area (Å²) < 4.78 is 1.06. The van der Waals surface area contributed by atoms with Gasteiger partial charge in [-0.15, -0.1) is 0 Å². The Balaban J connectivity index is 2.24. The summed E-state index contributed by atoms with van der Waals surface area (Å²) in [4.78, 5) is 10.0. The fourth-order valence-electron chi connectivity index (χ4n) is 4.92. The van der Waals surface area contributed by atoms with Crippen LogP contribution in [0.15, 0.2) is 53.0 Å². The molecule has 0 unspecified atom stereocenters. The predicted octanol–water partition coefficient (Wildman–Crippen LogP) is 7.82. The van der Waals surface area contributed by atoms with Crippen molar-refractivity contribution in [2.45, 2.75) is 64.2 Å². The van der Waals surface area contributed by atoms with E-state index in [0.29, 0.717) is 16.6 Å². The molecule has 28 heavy (non-hydrogen) atoms. The van der Waals surface area contributed by atoms with E-state index in [1.807, 2.05) is 6.07 Å². The first-order chi connectivity index (χ1) is 13.3. The van der Waals surface area contributed by atoms with E-state index in [9.17, 15) is 0 Å². The van der Waals surface area contributed by atoms with Crippen molar-refractivity contribution in [3.05, 3.63) is 58.7 Å². The number of nitrogens with zero attached hydrogens (tertiary/aromatic N) is 2. The van der Waals surface area contributed by atoms with Crippen LogP contribution in [0, 0.1) is 0 Å². The lowest BCUT2D eigenvalue weighted by Crippen LogP contribution is -2.47. The first-order valence-corrected chi connectivity index (χ1v) is 13.5. The van der Waals surface area contributed by atoms with Crippen LogP contribution < -0.4 is 0 Å². The highest BCUT2D eigenvalue weighted by atomic mass is 79.9. The van der Waals surface area contributed by atoms with Crippen LogP contribution in [0.25, 0.3) is 22.3 Å². The quantitative estimate of drug-likeness (QED) is 0.354. The van der Waals surface area contributed by atoms with Crippen molar-refractivity contribution < 1.29 is 0 Å². The van der Waals surface area contributed by atoms with Crippen LogP contribution in [-0.4, -0.2) is 18.0 Å². The van der Waals surface area contributed by atoms with E-state index in [4.69, 9.17) is 9.97 Å². The monoisotopic (exact) mass is 454 g/mol. The molecule has 1 heterocycles. The zero-order valence-electron chi connectivity index (χ0n) is 17.8. The summed E-state index contributed by atoms with van der Waals surface area (Å²) in [5, 5.41) is 1.20. The van der Waals surface area contributed by atoms with Gasteiger partial charge in [0.25, 0.3) is 0 Å². The maximum Gasteiger partial charge on any atom is 0.160 e. The molecule has 0 aliphatic heterocycles. The minimum Gasteiger partial charge on any atom is -0.233 e. The van der Waals surface area contributed by atoms with E-state index >= 15 is 0 Å². The van der Waals surface area contributed by atoms with Gasteiger partial charge in [-0.3, -0.25) is 0 Å². The maximum absolute atomic E-state index is 5.14. The molecule has 0 N–H and O–H groups in total. The number of aromatic nitrogens is 2. The second kappa shape index (κ2) is 8.46. The molecule has 0 saturated carbocycles. The Morgan fingerprint density at radius 2 is 1.43 bits per heavy atom. The van der Waals surface area contributed by atoms with Gasteiger partial charge in [0.2, 0.25) is 0 Å². The summed E-state index contributed by atoms with van der Waals surface area (Å²) in [7, 11) is -1.63. The minimum absolute atomic E-state index is 0.702. The molecule has 0 aliphatic rings. The molecule has 0 fully saturated rings. The lowest BCUT2D eigenvalue weighted by Gasteiger charge is -2.43. The Kier molecular flexibility index (Phi) is 6.40. The third-order valence-electron chi connectivity index (χ3n) is 6.47. The summed E-state index contributed by atoms with van der Waals surface area (Å²) in [6, 6.07) is 17.9. The van der Waals surface area contributed by atoms with Gasteiger partial charge < -0.3 is 0 Å². The van der Waals surface area contributed by atoms with Crippen LogP contribution in [-0.2, 0) is 6.04 Å². The molecule has 1 aromatic heterocycles. The lowest BCUT2D eigenvalue weighted by molar-refractivity contribution is 0.793. The summed E-state index contributed by atoms with van der Waals surface area (Å²) in [5.41, 5.74) is 5.43. The number of hydrogen-bond donors (Lipinski definition) is 0. The van der Waals surface area contributed by atoms with Gasteiger partial charge in [0.05, 0.1) is 13.6 Å². The fourth-order valence-corrected chi connectivity index (χ4v) is 11.3. The highest BCUT2D eigenvalue weighted by Crippen LogP contribution is 2.44. The zero-order chi connectivity index (χ0) is 20.5. The number of rotatable bonds is 6. The molecule has 0 spiro atoms. The molecule has 0 radical (unpaired) electrons. The van der Waals surface area contributed by atoms with E-state index < -0.39 is 8.07 Å². The van der Waals surface area contributed by atoms with E-state index in [2.05, 4.69) is 99.9 Å². The van der Waals surface area contributed by atoms with Crippen molar-refractivity contribution in [2.75, 3.05) is 0 Å². The van der Waals surface area contributed by atoms with Gasteiger partial charge >= 0.3 is 0 Å². The number of fused-ring (bicyclic) bond motifs is 1. The van der Waals surface area contributed by atoms with Crippen molar-refractivity contribution in [3.8, 4) is 11.4 Å². The Morgan fingerprint density at radius 1 is 0.821 bits per heavy atom. The minimum atomic E-state index is -1.63. The Morgan fingerprint density at radius 3 is 2.00 bits per heavy atom. The molecule has 2 aromatic carbocycles. The molecule has 4 heteroatoms. The SMILES string of the molecule is CC(C)[Si](Cc1nc(-c2ccccc2)nc2cc(Br)ccc12)(C(C)C)C(C)C. The number of hydrogen-bond acceptors (Lipinski definition) is 2. The largest absolute Gasteiger partial charge is 0.233 e. The smallest absolute Gasteiger partial charge is 0.160 e. The third-order valence-corrected chi connectivity index (χ3v) is 14.4. The van der Waals surface area contributed by atoms with Crippen molar-refractivity contribution in [1.29, 1.82) is 0 Å². The molecule has 148 valence electrons. The topological polar surface area (TPSA) is 25.8 Å². The summed E-state index contributed by atoms with van der Waals surface area (Å²) >= 11 is 3.62. The molecule has 0 amide bonds. The molecule has 0 saturated heterocycles. The molecule has 0 aliphatic carbocycles. The second-order valence-electron chi connectivity index (χ2n) is 8.77. The molecule has 3 rings (SSSR count). The van der Waals surface area contributed by atoms with Crippen LogP contribution in [0.5, 0.6) is 0 Å². The fraction of sp³-hybridized carbons (Fsp3) is 0.417. The normalized spacial score (nSPS) is 12.5. The van der Waals surface area contributed by atoms with Gasteiger partial charge in [-0.2, -0.15) is 0 Å². The zero-order valence-corrected chi connectivity index (χ0v) is 20.4. The molecular formula is C24H31BrN2Si. The lowest BCUT2D eigenvalue weighted by atomic mass is 10.1. The van der Waals surface area contributed by atoms with E-state index in [0.717, 1.165) is 27.4 Å². The average Bonchev–Trinajstić information content (AvgIpc) is 2.65. The Bertz CT molecular complexity index is 930. The highest BCUT2D eigenvalue weighted by molar-refractivity contribution is 9.10. The number of halogens is 1. The third kappa shape index (κ3) is 3.95. The van der Waals surface area contributed by atoms with Gasteiger partial charge in [0.15, 0.2) is 5.82 Å². The summed E-state index contributed by atoms with van der Waals surface area (Å²) in [6.07, 6.45) is 0. The van der Waals surface area contributed by atoms with Gasteiger partial charge in [-0.05, 0) is 24.2 Å². The first-order valence-electron chi connectivity index (χ1n) is 10.3. The van der Waals surface area contributed by atoms with E-state index in [-0.39, 0.29) is 0 Å². The van der Waals surface area contributed by atoms with Gasteiger partial charge in [0, 0.05) is 21.1 Å². The molecular weight excluding hydrogens is 424 g/mol. The van der Waals surface area contributed by atoms with Gasteiger partial charge in [-0.25, -0.2) is 9.97 Å². The van der Waals surface area contributed by atoms with Crippen molar-refractivity contribution in [3.63, 3.8) is 0 Å². The molecule has 3 aromatic rings. The molecule has 0 bridgehead atoms. The van der Waals surface area contributed by atoms with E-state index in [1.54, 1.807) is 0 Å². The van der Waals surface area contributed by atoms with Crippen molar-refractivity contribution in [2.24, 2.45) is 0 Å². The molecule has 0 atom stereocenters. The van der Waals surface area contributed by atoms with Crippen molar-refractivity contribution >= 4 is 34.9 Å². The van der Waals surface area contributed by atoms with Crippen LogP contribution >= 0.6 is 15.9 Å². The van der Waals surface area contributed by atoms with E-state index in [1.165, 1.54) is 11.1 Å². The van der Waals surface area contributed by atoms with Crippen LogP contribution in [0.3, 0.4) is 0 Å². The van der Waals surface area contributed by atoms with Crippen LogP contribution in [0.4, 0.5) is 0 Å². The molecule has 2 nitrogen and oxygen atoms in total. The summed E-state index contributed by atoms with van der Waals surface area (Å²) in [6.45, 7) is 14.5. The standard InChI is InChI=1S/C24H31BrN2Si/c1-16(2)28(17(3)4,18(5)6)15-23-21-13-12-20(25)14-22(21)26-24(27-23)19-10-8-7-9-11-19/h7-14,16-18H,15H2,1-6H3.